The molecule has 1 heterocycles. The van der Waals surface area contributed by atoms with E-state index in [9.17, 15) is 14.4 Å². The molecule has 0 aliphatic rings. The molecule has 1 N–H and O–H groups in total. The van der Waals surface area contributed by atoms with Crippen LogP contribution < -0.4 is 0 Å². The van der Waals surface area contributed by atoms with Crippen LogP contribution in [0.1, 0.15) is 47.1 Å². The Morgan fingerprint density at radius 3 is 2.19 bits per heavy atom. The van der Waals surface area contributed by atoms with E-state index >= 15 is 0 Å². The summed E-state index contributed by atoms with van der Waals surface area (Å²) in [5.41, 5.74) is 1.68. The second kappa shape index (κ2) is 10.1. The lowest BCUT2D eigenvalue weighted by molar-refractivity contribution is -0.193. The lowest BCUT2D eigenvalue weighted by atomic mass is 9.98. The average Bonchev–Trinajstić information content (AvgIpc) is 2.97. The summed E-state index contributed by atoms with van der Waals surface area (Å²) < 4.78 is 14.5. The number of halogens is 2. The Morgan fingerprint density at radius 1 is 1.10 bits per heavy atom. The summed E-state index contributed by atoms with van der Waals surface area (Å²) in [6, 6.07) is 14.0. The number of phenolic OH excluding ortho intramolecular Hbond substituents is 1. The normalized spacial score (nSPS) is 11.7. The minimum absolute atomic E-state index is 0.127. The van der Waals surface area contributed by atoms with Crippen LogP contribution in [0.4, 0.5) is 4.53 Å². The zero-order valence-corrected chi connectivity index (χ0v) is 21.1. The smallest absolute Gasteiger partial charge is 0.354 e. The molecular formula is C24H29BrFNO3S. The molecule has 0 saturated heterocycles. The fourth-order valence-corrected chi connectivity index (χ4v) is 4.07. The highest BCUT2D eigenvalue weighted by atomic mass is 79.9. The van der Waals surface area contributed by atoms with Gasteiger partial charge in [0.1, 0.15) is 5.75 Å². The van der Waals surface area contributed by atoms with Crippen molar-refractivity contribution in [2.75, 3.05) is 0 Å². The largest absolute Gasteiger partial charge is 0.508 e. The first-order valence-electron chi connectivity index (χ1n) is 9.88. The highest BCUT2D eigenvalue weighted by molar-refractivity contribution is 9.10. The first-order chi connectivity index (χ1) is 14.3. The topological polar surface area (TPSA) is 51.5 Å². The SMILES string of the molecule is CC(C)(C)C(=O)OF.CC(C)(C)Sc1cn(Cc2ccc(Br)cc2)c2ccc(O)cc12. The summed E-state index contributed by atoms with van der Waals surface area (Å²) in [6.45, 7) is 12.2. The molecule has 0 aliphatic carbocycles. The number of carbonyl (C=O) groups is 1. The van der Waals surface area contributed by atoms with Crippen molar-refractivity contribution in [1.29, 1.82) is 0 Å². The Kier molecular flexibility index (Phi) is 8.22. The molecule has 7 heteroatoms. The number of benzene rings is 2. The number of hydrogen-bond acceptors (Lipinski definition) is 4. The molecule has 0 bridgehead atoms. The number of fused-ring (bicyclic) bond motifs is 1. The van der Waals surface area contributed by atoms with E-state index in [0.717, 1.165) is 21.9 Å². The van der Waals surface area contributed by atoms with Crippen LogP contribution in [0.15, 0.2) is 58.0 Å². The molecule has 0 amide bonds. The number of nitrogens with zero attached hydrogens (tertiary/aromatic N) is 1. The molecule has 3 rings (SSSR count). The van der Waals surface area contributed by atoms with Gasteiger partial charge >= 0.3 is 5.97 Å². The first kappa shape index (κ1) is 25.3. The molecule has 0 radical (unpaired) electrons. The molecule has 0 saturated carbocycles. The Balaban J connectivity index is 0.000000366. The van der Waals surface area contributed by atoms with E-state index in [2.05, 4.69) is 76.7 Å². The zero-order valence-electron chi connectivity index (χ0n) is 18.7. The molecule has 1 aromatic heterocycles. The van der Waals surface area contributed by atoms with Crippen LogP contribution >= 0.6 is 27.7 Å². The van der Waals surface area contributed by atoms with Crippen molar-refractivity contribution in [3.63, 3.8) is 0 Å². The van der Waals surface area contributed by atoms with Gasteiger partial charge in [0.25, 0.3) is 0 Å². The summed E-state index contributed by atoms with van der Waals surface area (Å²) in [4.78, 5) is 14.4. The van der Waals surface area contributed by atoms with Crippen molar-refractivity contribution in [2.24, 2.45) is 5.41 Å². The molecule has 2 aromatic carbocycles. The van der Waals surface area contributed by atoms with Gasteiger partial charge in [0.2, 0.25) is 0 Å². The van der Waals surface area contributed by atoms with Crippen LogP contribution in [0.5, 0.6) is 5.75 Å². The van der Waals surface area contributed by atoms with Crippen molar-refractivity contribution >= 4 is 44.6 Å². The van der Waals surface area contributed by atoms with Gasteiger partial charge in [-0.1, -0.05) is 48.8 Å². The van der Waals surface area contributed by atoms with Crippen molar-refractivity contribution in [3.05, 3.63) is 58.7 Å². The first-order valence-corrected chi connectivity index (χ1v) is 11.5. The van der Waals surface area contributed by atoms with Crippen molar-refractivity contribution in [2.45, 2.75) is 57.7 Å². The molecule has 0 atom stereocenters. The van der Waals surface area contributed by atoms with E-state index in [1.807, 2.05) is 23.9 Å². The van der Waals surface area contributed by atoms with Gasteiger partial charge in [-0.2, -0.15) is 0 Å². The third-order valence-corrected chi connectivity index (χ3v) is 5.88. The standard InChI is InChI=1S/C19H20BrNOS.C5H9FO2/c1-19(2,3)23-18-12-21(11-13-4-6-14(20)7-5-13)17-9-8-15(22)10-16(17)18;1-5(2,3)4(7)8-6/h4-10,12,22H,11H2,1-3H3;1-3H3. The number of thioether (sulfide) groups is 1. The van der Waals surface area contributed by atoms with Gasteiger partial charge < -0.3 is 9.67 Å². The Morgan fingerprint density at radius 2 is 1.71 bits per heavy atom. The molecule has 0 unspecified atom stereocenters. The number of carbonyl (C=O) groups excluding carboxylic acids is 1. The maximum atomic E-state index is 11.0. The third-order valence-electron chi connectivity index (χ3n) is 4.19. The molecule has 0 aliphatic heterocycles. The van der Waals surface area contributed by atoms with Crippen LogP contribution in [0.2, 0.25) is 0 Å². The quantitative estimate of drug-likeness (QED) is 0.371. The van der Waals surface area contributed by atoms with E-state index < -0.39 is 11.4 Å². The number of rotatable bonds is 3. The highest BCUT2D eigenvalue weighted by Crippen LogP contribution is 2.39. The molecule has 0 fully saturated rings. The van der Waals surface area contributed by atoms with Gasteiger partial charge in [-0.3, -0.25) is 4.94 Å². The predicted octanol–water partition coefficient (Wildman–Crippen LogP) is 7.51. The second-order valence-corrected chi connectivity index (χ2v) is 12.1. The monoisotopic (exact) mass is 509 g/mol. The van der Waals surface area contributed by atoms with Gasteiger partial charge in [0.15, 0.2) is 0 Å². The second-order valence-electron chi connectivity index (χ2n) is 9.28. The molecule has 31 heavy (non-hydrogen) atoms. The fraction of sp³-hybridized carbons (Fsp3) is 0.375. The average molecular weight is 510 g/mol. The summed E-state index contributed by atoms with van der Waals surface area (Å²) in [6.07, 6.45) is 2.20. The summed E-state index contributed by atoms with van der Waals surface area (Å²) in [7, 11) is 0. The Hall–Kier alpha value is -1.99. The molecule has 4 nitrogen and oxygen atoms in total. The van der Waals surface area contributed by atoms with E-state index in [4.69, 9.17) is 0 Å². The predicted molar refractivity (Wildman–Crippen MR) is 129 cm³/mol. The van der Waals surface area contributed by atoms with E-state index in [1.165, 1.54) is 10.5 Å². The van der Waals surface area contributed by atoms with Gasteiger partial charge in [-0.15, -0.1) is 11.8 Å². The number of hydrogen-bond donors (Lipinski definition) is 1. The molecule has 3 aromatic rings. The van der Waals surface area contributed by atoms with Gasteiger partial charge in [-0.05, 0) is 56.7 Å². The maximum absolute atomic E-state index is 11.0. The Bertz CT molecular complexity index is 1030. The van der Waals surface area contributed by atoms with Crippen LogP contribution in [0, 0.1) is 5.41 Å². The van der Waals surface area contributed by atoms with Crippen LogP contribution in [-0.4, -0.2) is 20.4 Å². The number of aromatic nitrogens is 1. The zero-order chi connectivity index (χ0) is 23.4. The molecular weight excluding hydrogens is 481 g/mol. The van der Waals surface area contributed by atoms with Crippen LogP contribution in [0.25, 0.3) is 10.9 Å². The van der Waals surface area contributed by atoms with Crippen LogP contribution in [0.3, 0.4) is 0 Å². The number of aromatic hydroxyl groups is 1. The van der Waals surface area contributed by atoms with Crippen molar-refractivity contribution < 1.29 is 19.4 Å². The van der Waals surface area contributed by atoms with Crippen molar-refractivity contribution in [1.82, 2.24) is 4.57 Å². The molecule has 0 spiro atoms. The third kappa shape index (κ3) is 7.58. The van der Waals surface area contributed by atoms with Gasteiger partial charge in [0, 0.05) is 42.3 Å². The highest BCUT2D eigenvalue weighted by Gasteiger charge is 2.23. The van der Waals surface area contributed by atoms with Crippen molar-refractivity contribution in [3.8, 4) is 5.75 Å². The summed E-state index contributed by atoms with van der Waals surface area (Å²) in [5.74, 6) is -0.521. The summed E-state index contributed by atoms with van der Waals surface area (Å²) >= 11 is 5.31. The maximum Gasteiger partial charge on any atom is 0.354 e. The number of phenols is 1. The summed E-state index contributed by atoms with van der Waals surface area (Å²) in [5, 5.41) is 11.0. The van der Waals surface area contributed by atoms with Gasteiger partial charge in [0.05, 0.1) is 5.41 Å². The molecule has 168 valence electrons. The van der Waals surface area contributed by atoms with Crippen LogP contribution in [-0.2, 0) is 16.3 Å². The minimum atomic E-state index is -0.836. The van der Waals surface area contributed by atoms with E-state index in [1.54, 1.807) is 26.8 Å². The van der Waals surface area contributed by atoms with E-state index in [0.29, 0.717) is 5.75 Å². The lowest BCUT2D eigenvalue weighted by Gasteiger charge is -2.16. The fourth-order valence-electron chi connectivity index (χ4n) is 2.70. The van der Waals surface area contributed by atoms with E-state index in [-0.39, 0.29) is 4.75 Å². The Labute approximate surface area is 195 Å². The minimum Gasteiger partial charge on any atom is -0.508 e. The lowest BCUT2D eigenvalue weighted by Crippen LogP contribution is -2.19. The van der Waals surface area contributed by atoms with Gasteiger partial charge in [-0.25, -0.2) is 4.79 Å².